The van der Waals surface area contributed by atoms with Crippen LogP contribution in [0.2, 0.25) is 0 Å². The first-order valence-electron chi connectivity index (χ1n) is 8.41. The summed E-state index contributed by atoms with van der Waals surface area (Å²) in [6, 6.07) is 0. The molecular weight excluding hydrogens is 328 g/mol. The van der Waals surface area contributed by atoms with E-state index in [4.69, 9.17) is 4.74 Å². The van der Waals surface area contributed by atoms with E-state index < -0.39 is 24.4 Å². The van der Waals surface area contributed by atoms with Gasteiger partial charge in [-0.2, -0.15) is 13.2 Å². The molecule has 3 nitrogen and oxygen atoms in total. The monoisotopic (exact) mass is 352 g/mol. The maximum atomic E-state index is 14.5. The zero-order valence-corrected chi connectivity index (χ0v) is 13.9. The van der Waals surface area contributed by atoms with Crippen LogP contribution in [0, 0.1) is 17.8 Å². The van der Waals surface area contributed by atoms with Crippen LogP contribution in [0.15, 0.2) is 12.2 Å². The summed E-state index contributed by atoms with van der Waals surface area (Å²) in [6.07, 6.45) is -4.74. The molecule has 2 aliphatic rings. The van der Waals surface area contributed by atoms with Crippen molar-refractivity contribution in [3.8, 4) is 0 Å². The molecule has 0 amide bonds. The van der Waals surface area contributed by atoms with E-state index in [1.165, 1.54) is 6.08 Å². The fraction of sp³-hybridized carbons (Fsp3) is 0.824. The zero-order chi connectivity index (χ0) is 18.1. The third-order valence-corrected chi connectivity index (χ3v) is 5.27. The molecule has 0 bridgehead atoms. The van der Waals surface area contributed by atoms with Crippen LogP contribution in [0.4, 0.5) is 17.6 Å². The first-order valence-corrected chi connectivity index (χ1v) is 8.41. The molecule has 0 spiro atoms. The molecule has 1 saturated carbocycles. The normalized spacial score (nSPS) is 34.2. The van der Waals surface area contributed by atoms with Crippen molar-refractivity contribution in [1.29, 1.82) is 0 Å². The maximum absolute atomic E-state index is 14.5. The maximum Gasteiger partial charge on any atom is 0.425 e. The van der Waals surface area contributed by atoms with Crippen LogP contribution in [0.25, 0.3) is 0 Å². The van der Waals surface area contributed by atoms with Gasteiger partial charge in [-0.25, -0.2) is 4.39 Å². The summed E-state index contributed by atoms with van der Waals surface area (Å²) >= 11 is 0. The number of allylic oxidation sites excluding steroid dienone is 1. The summed E-state index contributed by atoms with van der Waals surface area (Å²) in [5, 5.41) is 9.89. The number of hydrogen-bond donors (Lipinski definition) is 1. The van der Waals surface area contributed by atoms with Crippen molar-refractivity contribution in [3.63, 3.8) is 0 Å². The lowest BCUT2D eigenvalue weighted by atomic mass is 9.86. The van der Waals surface area contributed by atoms with Crippen molar-refractivity contribution in [3.05, 3.63) is 12.2 Å². The van der Waals surface area contributed by atoms with Gasteiger partial charge in [0.1, 0.15) is 12.2 Å². The van der Waals surface area contributed by atoms with Crippen LogP contribution in [-0.4, -0.2) is 35.1 Å². The Bertz CT molecular complexity index is 491. The first-order chi connectivity index (χ1) is 11.1. The number of carbonyl (C=O) groups excluding carboxylic acids is 1. The number of aliphatic hydroxyl groups is 1. The molecule has 0 radical (unpaired) electrons. The van der Waals surface area contributed by atoms with Gasteiger partial charge in [-0.1, -0.05) is 38.8 Å². The van der Waals surface area contributed by atoms with Gasteiger partial charge >= 0.3 is 12.1 Å². The second kappa shape index (κ2) is 7.02. The minimum atomic E-state index is -5.14. The molecule has 2 rings (SSSR count). The van der Waals surface area contributed by atoms with Crippen molar-refractivity contribution < 1.29 is 32.2 Å². The highest BCUT2D eigenvalue weighted by Crippen LogP contribution is 2.46. The van der Waals surface area contributed by atoms with Crippen LogP contribution >= 0.6 is 0 Å². The average molecular weight is 352 g/mol. The number of carbonyl (C=O) groups is 1. The SMILES string of the molecule is CCCC[C@@](F)([C@H](O)C=C[C@@H]1[C@H]2CC(=O)O[C@H]2C[C@H]1C)C(F)(F)F. The Morgan fingerprint density at radius 3 is 2.62 bits per heavy atom. The number of alkyl halides is 4. The molecule has 0 aromatic heterocycles. The number of ether oxygens (including phenoxy) is 1. The molecule has 1 aliphatic heterocycles. The Hall–Kier alpha value is -1.11. The van der Waals surface area contributed by atoms with Gasteiger partial charge in [0.25, 0.3) is 0 Å². The summed E-state index contributed by atoms with van der Waals surface area (Å²) in [5.74, 6) is -0.507. The predicted octanol–water partition coefficient (Wildman–Crippen LogP) is 3.95. The lowest BCUT2D eigenvalue weighted by Gasteiger charge is -2.31. The minimum absolute atomic E-state index is 0.0355. The number of hydrogen-bond acceptors (Lipinski definition) is 3. The summed E-state index contributed by atoms with van der Waals surface area (Å²) in [6.45, 7) is 3.58. The number of fused-ring (bicyclic) bond motifs is 1. The van der Waals surface area contributed by atoms with E-state index in [2.05, 4.69) is 0 Å². The number of esters is 1. The van der Waals surface area contributed by atoms with Gasteiger partial charge in [0.2, 0.25) is 5.67 Å². The Morgan fingerprint density at radius 1 is 1.38 bits per heavy atom. The van der Waals surface area contributed by atoms with Crippen LogP contribution in [-0.2, 0) is 9.53 Å². The number of unbranched alkanes of at least 4 members (excludes halogenated alkanes) is 1. The highest BCUT2D eigenvalue weighted by molar-refractivity contribution is 5.72. The van der Waals surface area contributed by atoms with Crippen molar-refractivity contribution in [1.82, 2.24) is 0 Å². The van der Waals surface area contributed by atoms with Gasteiger partial charge in [-0.3, -0.25) is 4.79 Å². The molecule has 0 aromatic rings. The highest BCUT2D eigenvalue weighted by atomic mass is 19.4. The molecule has 1 saturated heterocycles. The van der Waals surface area contributed by atoms with Crippen LogP contribution < -0.4 is 0 Å². The molecule has 0 unspecified atom stereocenters. The van der Waals surface area contributed by atoms with E-state index in [9.17, 15) is 27.5 Å². The second-order valence-electron chi connectivity index (χ2n) is 6.98. The molecule has 6 atom stereocenters. The first kappa shape index (κ1) is 19.2. The smallest absolute Gasteiger partial charge is 0.425 e. The quantitative estimate of drug-likeness (QED) is 0.447. The number of aliphatic hydroxyl groups excluding tert-OH is 1. The van der Waals surface area contributed by atoms with Gasteiger partial charge in [-0.05, 0) is 24.7 Å². The van der Waals surface area contributed by atoms with E-state index in [-0.39, 0.29) is 42.7 Å². The van der Waals surface area contributed by atoms with Crippen molar-refractivity contribution >= 4 is 5.97 Å². The lowest BCUT2D eigenvalue weighted by molar-refractivity contribution is -0.255. The number of rotatable bonds is 6. The number of halogens is 4. The third kappa shape index (κ3) is 3.60. The molecule has 1 aliphatic carbocycles. The third-order valence-electron chi connectivity index (χ3n) is 5.27. The highest BCUT2D eigenvalue weighted by Gasteiger charge is 2.59. The Balaban J connectivity index is 2.12. The van der Waals surface area contributed by atoms with Crippen molar-refractivity contribution in [2.75, 3.05) is 0 Å². The average Bonchev–Trinajstić information content (AvgIpc) is 2.96. The van der Waals surface area contributed by atoms with E-state index >= 15 is 0 Å². The van der Waals surface area contributed by atoms with Crippen molar-refractivity contribution in [2.24, 2.45) is 17.8 Å². The summed E-state index contributed by atoms with van der Waals surface area (Å²) in [5.41, 5.74) is -3.65. The van der Waals surface area contributed by atoms with Crippen LogP contribution in [0.3, 0.4) is 0 Å². The van der Waals surface area contributed by atoms with Crippen molar-refractivity contribution in [2.45, 2.75) is 70.0 Å². The van der Waals surface area contributed by atoms with Gasteiger partial charge in [0.15, 0.2) is 0 Å². The second-order valence-corrected chi connectivity index (χ2v) is 6.98. The molecular formula is C17H24F4O3. The zero-order valence-electron chi connectivity index (χ0n) is 13.9. The molecule has 0 aromatic carbocycles. The Labute approximate surface area is 139 Å². The van der Waals surface area contributed by atoms with E-state index in [0.717, 1.165) is 6.08 Å². The summed E-state index contributed by atoms with van der Waals surface area (Å²) in [7, 11) is 0. The topological polar surface area (TPSA) is 46.5 Å². The standard InChI is InChI=1S/C17H24F4O3/c1-3-4-7-16(18,17(19,20)21)14(22)6-5-11-10(2)8-13-12(11)9-15(23)24-13/h5-6,10-14,22H,3-4,7-9H2,1-2H3/t10-,11+,12-,13+,14-,16-/m1/s1. The Morgan fingerprint density at radius 2 is 2.04 bits per heavy atom. The lowest BCUT2D eigenvalue weighted by Crippen LogP contribution is -2.50. The Kier molecular flexibility index (Phi) is 5.62. The van der Waals surface area contributed by atoms with E-state index in [1.54, 1.807) is 6.92 Å². The molecule has 1 heterocycles. The van der Waals surface area contributed by atoms with Crippen LogP contribution in [0.5, 0.6) is 0 Å². The fourth-order valence-corrected chi connectivity index (χ4v) is 3.79. The molecule has 1 N–H and O–H groups in total. The largest absolute Gasteiger partial charge is 0.462 e. The minimum Gasteiger partial charge on any atom is -0.462 e. The van der Waals surface area contributed by atoms with Gasteiger partial charge in [-0.15, -0.1) is 0 Å². The van der Waals surface area contributed by atoms with E-state index in [0.29, 0.717) is 12.8 Å². The molecule has 24 heavy (non-hydrogen) atoms. The molecule has 138 valence electrons. The van der Waals surface area contributed by atoms with E-state index in [1.807, 2.05) is 6.92 Å². The summed E-state index contributed by atoms with van der Waals surface area (Å²) < 4.78 is 58.9. The summed E-state index contributed by atoms with van der Waals surface area (Å²) in [4.78, 5) is 11.4. The van der Waals surface area contributed by atoms with Gasteiger partial charge in [0, 0.05) is 5.92 Å². The molecule has 2 fully saturated rings. The fourth-order valence-electron chi connectivity index (χ4n) is 3.79. The van der Waals surface area contributed by atoms with Gasteiger partial charge in [0.05, 0.1) is 6.42 Å². The van der Waals surface area contributed by atoms with Gasteiger partial charge < -0.3 is 9.84 Å². The predicted molar refractivity (Wildman–Crippen MR) is 79.8 cm³/mol. The molecule has 7 heteroatoms. The van der Waals surface area contributed by atoms with Crippen LogP contribution in [0.1, 0.15) is 46.0 Å².